The minimum absolute atomic E-state index is 0.0587. The number of halogens is 1. The van der Waals surface area contributed by atoms with E-state index in [2.05, 4.69) is 36.2 Å². The number of nitrogens with two attached hydrogens (primary N) is 1. The number of carbonyl (C=O) groups excluding carboxylic acids is 1. The third-order valence-corrected chi connectivity index (χ3v) is 6.61. The number of fused-ring (bicyclic) bond motifs is 1. The first-order chi connectivity index (χ1) is 14.2. The third kappa shape index (κ3) is 3.26. The minimum Gasteiger partial charge on any atom is -0.479 e. The molecule has 3 heterocycles. The Morgan fingerprint density at radius 3 is 2.67 bits per heavy atom. The molecule has 7 nitrogen and oxygen atoms in total. The van der Waals surface area contributed by atoms with Crippen LogP contribution in [0, 0.1) is 17.2 Å². The number of anilines is 1. The molecule has 1 aliphatic carbocycles. The van der Waals surface area contributed by atoms with Crippen LogP contribution < -0.4 is 15.8 Å². The Balaban J connectivity index is 1.81. The molecule has 1 amide bonds. The summed E-state index contributed by atoms with van der Waals surface area (Å²) in [6, 6.07) is 3.41. The number of hydrogen-bond donors (Lipinski definition) is 2. The fourth-order valence-electron chi connectivity index (χ4n) is 4.22. The van der Waals surface area contributed by atoms with Crippen LogP contribution in [-0.4, -0.2) is 33.7 Å². The maximum atomic E-state index is 14.2. The number of aromatic nitrogens is 3. The molecule has 0 aromatic carbocycles. The Hall–Kier alpha value is -3.16. The van der Waals surface area contributed by atoms with Gasteiger partial charge in [-0.25, -0.2) is 13.9 Å². The van der Waals surface area contributed by atoms with Gasteiger partial charge in [-0.3, -0.25) is 4.79 Å². The van der Waals surface area contributed by atoms with Crippen LogP contribution >= 0.6 is 0 Å². The highest BCUT2D eigenvalue weighted by atomic mass is 19.1. The largest absolute Gasteiger partial charge is 0.479 e. The van der Waals surface area contributed by atoms with Crippen LogP contribution in [0.4, 0.5) is 10.1 Å². The highest BCUT2D eigenvalue weighted by Gasteiger charge is 2.41. The zero-order chi connectivity index (χ0) is 21.6. The molecule has 1 fully saturated rings. The topological polar surface area (TPSA) is 94.5 Å². The molecule has 3 aromatic rings. The molecule has 30 heavy (non-hydrogen) atoms. The maximum Gasteiger partial charge on any atom is 0.252 e. The number of ether oxygens (including phenoxy) is 1. The average Bonchev–Trinajstić information content (AvgIpc) is 3.24. The Kier molecular flexibility index (Phi) is 4.88. The van der Waals surface area contributed by atoms with E-state index in [9.17, 15) is 9.18 Å². The van der Waals surface area contributed by atoms with Crippen molar-refractivity contribution in [3.63, 3.8) is 0 Å². The number of rotatable bonds is 5. The Morgan fingerprint density at radius 1 is 1.30 bits per heavy atom. The van der Waals surface area contributed by atoms with E-state index in [1.54, 1.807) is 16.9 Å². The predicted molar refractivity (Wildman–Crippen MR) is 113 cm³/mol. The van der Waals surface area contributed by atoms with Gasteiger partial charge in [-0.2, -0.15) is 5.10 Å². The molecule has 1 unspecified atom stereocenters. The zero-order valence-electron chi connectivity index (χ0n) is 17.6. The fraction of sp³-hybridized carbons (Fsp3) is 0.409. The molecule has 8 heteroatoms. The molecule has 0 radical (unpaired) electrons. The highest BCUT2D eigenvalue weighted by Crippen LogP contribution is 2.44. The molecular formula is C22H26FN5O2. The lowest BCUT2D eigenvalue weighted by Gasteiger charge is -2.33. The molecule has 158 valence electrons. The first kappa shape index (κ1) is 20.1. The van der Waals surface area contributed by atoms with E-state index in [4.69, 9.17) is 10.5 Å². The van der Waals surface area contributed by atoms with Crippen molar-refractivity contribution in [2.45, 2.75) is 39.7 Å². The van der Waals surface area contributed by atoms with Gasteiger partial charge >= 0.3 is 0 Å². The predicted octanol–water partition coefficient (Wildman–Crippen LogP) is 3.88. The van der Waals surface area contributed by atoms with Gasteiger partial charge in [0.15, 0.2) is 5.82 Å². The summed E-state index contributed by atoms with van der Waals surface area (Å²) in [6.07, 6.45) is 6.90. The quantitative estimate of drug-likeness (QED) is 0.664. The second-order valence-electron chi connectivity index (χ2n) is 8.57. The van der Waals surface area contributed by atoms with Crippen LogP contribution in [0.3, 0.4) is 0 Å². The summed E-state index contributed by atoms with van der Waals surface area (Å²) in [5.41, 5.74) is 8.70. The Labute approximate surface area is 174 Å². The molecule has 0 bridgehead atoms. The van der Waals surface area contributed by atoms with Gasteiger partial charge < -0.3 is 15.8 Å². The second-order valence-corrected chi connectivity index (χ2v) is 8.57. The standard InChI is InChI=1S/C22H26FN5O2/c1-12-5-6-18(22(12,2)3)27-19-15(20(24)29)10-26-28-11-14(8-17(19)28)13-7-16(23)21(30-4)25-9-13/h7-12,18,27H,5-6H2,1-4H3,(H2,24,29)/t12?,18-/m1/s1. The summed E-state index contributed by atoms with van der Waals surface area (Å²) in [5, 5.41) is 7.91. The van der Waals surface area contributed by atoms with E-state index < -0.39 is 11.7 Å². The monoisotopic (exact) mass is 411 g/mol. The number of primary amides is 1. The van der Waals surface area contributed by atoms with Crippen molar-refractivity contribution in [3.8, 4) is 17.0 Å². The first-order valence-corrected chi connectivity index (χ1v) is 10.00. The summed E-state index contributed by atoms with van der Waals surface area (Å²) in [6.45, 7) is 6.72. The molecular weight excluding hydrogens is 385 g/mol. The van der Waals surface area contributed by atoms with Gasteiger partial charge in [0.2, 0.25) is 5.88 Å². The summed E-state index contributed by atoms with van der Waals surface area (Å²) >= 11 is 0. The van der Waals surface area contributed by atoms with E-state index in [1.165, 1.54) is 19.4 Å². The molecule has 3 aromatic heterocycles. The number of nitrogens with one attached hydrogen (secondary N) is 1. The molecule has 1 aliphatic rings. The van der Waals surface area contributed by atoms with Gasteiger partial charge in [-0.15, -0.1) is 0 Å². The van der Waals surface area contributed by atoms with E-state index in [1.807, 2.05) is 6.07 Å². The highest BCUT2D eigenvalue weighted by molar-refractivity contribution is 6.02. The van der Waals surface area contributed by atoms with Gasteiger partial charge in [-0.1, -0.05) is 20.8 Å². The van der Waals surface area contributed by atoms with Crippen LogP contribution in [-0.2, 0) is 0 Å². The van der Waals surface area contributed by atoms with Crippen molar-refractivity contribution in [3.05, 3.63) is 42.1 Å². The van der Waals surface area contributed by atoms with Gasteiger partial charge in [0.1, 0.15) is 0 Å². The lowest BCUT2D eigenvalue weighted by molar-refractivity contribution is 0.100. The van der Waals surface area contributed by atoms with Crippen LogP contribution in [0.2, 0.25) is 0 Å². The normalized spacial score (nSPS) is 20.4. The number of carbonyl (C=O) groups is 1. The van der Waals surface area contributed by atoms with Gasteiger partial charge in [-0.05, 0) is 36.3 Å². The van der Waals surface area contributed by atoms with E-state index in [-0.39, 0.29) is 17.3 Å². The summed E-state index contributed by atoms with van der Waals surface area (Å²) < 4.78 is 20.7. The second kappa shape index (κ2) is 7.27. The van der Waals surface area contributed by atoms with Crippen molar-refractivity contribution >= 4 is 17.1 Å². The summed E-state index contributed by atoms with van der Waals surface area (Å²) in [7, 11) is 1.37. The number of nitrogens with zero attached hydrogens (tertiary/aromatic N) is 3. The summed E-state index contributed by atoms with van der Waals surface area (Å²) in [4.78, 5) is 16.1. The van der Waals surface area contributed by atoms with Crippen molar-refractivity contribution in [2.75, 3.05) is 12.4 Å². The molecule has 0 spiro atoms. The Bertz CT molecular complexity index is 1120. The van der Waals surface area contributed by atoms with Crippen LogP contribution in [0.15, 0.2) is 30.7 Å². The molecule has 4 rings (SSSR count). The maximum absolute atomic E-state index is 14.2. The van der Waals surface area contributed by atoms with Crippen molar-refractivity contribution in [1.29, 1.82) is 0 Å². The van der Waals surface area contributed by atoms with Gasteiger partial charge in [0.25, 0.3) is 5.91 Å². The van der Waals surface area contributed by atoms with Crippen molar-refractivity contribution < 1.29 is 13.9 Å². The molecule has 1 saturated carbocycles. The zero-order valence-corrected chi connectivity index (χ0v) is 17.6. The lowest BCUT2D eigenvalue weighted by Crippen LogP contribution is -2.35. The molecule has 2 atom stereocenters. The Morgan fingerprint density at radius 2 is 2.07 bits per heavy atom. The molecule has 0 saturated heterocycles. The van der Waals surface area contributed by atoms with Crippen LogP contribution in [0.5, 0.6) is 5.88 Å². The van der Waals surface area contributed by atoms with E-state index >= 15 is 0 Å². The van der Waals surface area contributed by atoms with E-state index in [0.29, 0.717) is 28.2 Å². The van der Waals surface area contributed by atoms with Gasteiger partial charge in [0, 0.05) is 29.6 Å². The number of pyridine rings is 1. The first-order valence-electron chi connectivity index (χ1n) is 10.00. The summed E-state index contributed by atoms with van der Waals surface area (Å²) in [5.74, 6) is -0.593. The van der Waals surface area contributed by atoms with Crippen molar-refractivity contribution in [1.82, 2.24) is 14.6 Å². The minimum atomic E-state index is -0.545. The lowest BCUT2D eigenvalue weighted by atomic mass is 9.80. The fourth-order valence-corrected chi connectivity index (χ4v) is 4.22. The number of amides is 1. The average molecular weight is 411 g/mol. The number of methoxy groups -OCH3 is 1. The van der Waals surface area contributed by atoms with E-state index in [0.717, 1.165) is 18.4 Å². The van der Waals surface area contributed by atoms with Gasteiger partial charge in [0.05, 0.1) is 30.1 Å². The molecule has 0 aliphatic heterocycles. The number of hydrogen-bond acceptors (Lipinski definition) is 5. The van der Waals surface area contributed by atoms with Crippen LogP contribution in [0.25, 0.3) is 16.6 Å². The smallest absolute Gasteiger partial charge is 0.252 e. The SMILES string of the molecule is COc1ncc(-c2cc3c(N[C@@H]4CCC(C)C4(C)C)c(C(N)=O)cnn3c2)cc1F. The molecule has 3 N–H and O–H groups in total. The van der Waals surface area contributed by atoms with Crippen LogP contribution in [0.1, 0.15) is 44.0 Å². The van der Waals surface area contributed by atoms with Crippen molar-refractivity contribution in [2.24, 2.45) is 17.1 Å². The third-order valence-electron chi connectivity index (χ3n) is 6.61.